The number of nitrogens with two attached hydrogens (primary N) is 1. The van der Waals surface area contributed by atoms with Gasteiger partial charge in [0.1, 0.15) is 4.88 Å². The number of nitrogens with zero attached hydrogens (tertiary/aromatic N) is 2. The molecule has 1 aromatic heterocycles. The first kappa shape index (κ1) is 15.3. The van der Waals surface area contributed by atoms with Crippen molar-refractivity contribution in [2.45, 2.75) is 6.42 Å². The maximum atomic E-state index is 12.6. The molecule has 0 atom stereocenters. The summed E-state index contributed by atoms with van der Waals surface area (Å²) in [6, 6.07) is 9.74. The first-order chi connectivity index (χ1) is 10.2. The summed E-state index contributed by atoms with van der Waals surface area (Å²) in [5.41, 5.74) is 6.62. The minimum atomic E-state index is -0.138. The predicted octanol–water partition coefficient (Wildman–Crippen LogP) is 2.49. The first-order valence-electron chi connectivity index (χ1n) is 6.61. The minimum absolute atomic E-state index is 0.138. The number of thiophene rings is 1. The molecule has 0 saturated heterocycles. The molecule has 0 unspecified atom stereocenters. The lowest BCUT2D eigenvalue weighted by Crippen LogP contribution is -2.34. The molecule has 1 aromatic carbocycles. The van der Waals surface area contributed by atoms with Crippen LogP contribution >= 0.6 is 11.3 Å². The molecule has 110 valence electrons. The molecular weight excluding hydrogens is 286 g/mol. The molecule has 5 nitrogen and oxygen atoms in total. The maximum absolute atomic E-state index is 12.6. The maximum Gasteiger partial charge on any atom is 0.266 e. The highest BCUT2D eigenvalue weighted by molar-refractivity contribution is 7.21. The summed E-state index contributed by atoms with van der Waals surface area (Å²) in [5, 5.41) is 9.62. The number of nitriles is 1. The molecule has 21 heavy (non-hydrogen) atoms. The summed E-state index contributed by atoms with van der Waals surface area (Å²) in [4.78, 5) is 14.8. The highest BCUT2D eigenvalue weighted by Crippen LogP contribution is 2.34. The minimum Gasteiger partial charge on any atom is -0.397 e. The second kappa shape index (κ2) is 7.07. The SMILES string of the molecule is COCCN(CCC#N)C(=O)c1sc2ccccc2c1N. The Labute approximate surface area is 127 Å². The van der Waals surface area contributed by atoms with E-state index in [1.807, 2.05) is 24.3 Å². The molecule has 0 spiro atoms. The molecular formula is C15H17N3O2S. The summed E-state index contributed by atoms with van der Waals surface area (Å²) < 4.78 is 6.01. The third-order valence-corrected chi connectivity index (χ3v) is 4.35. The van der Waals surface area contributed by atoms with Crippen LogP contribution in [0.5, 0.6) is 0 Å². The number of carbonyl (C=O) groups excluding carboxylic acids is 1. The molecule has 0 aliphatic rings. The highest BCUT2D eigenvalue weighted by atomic mass is 32.1. The van der Waals surface area contributed by atoms with E-state index in [1.165, 1.54) is 11.3 Å². The van der Waals surface area contributed by atoms with Crippen molar-refractivity contribution in [2.24, 2.45) is 0 Å². The van der Waals surface area contributed by atoms with Gasteiger partial charge in [-0.2, -0.15) is 5.26 Å². The van der Waals surface area contributed by atoms with Crippen LogP contribution in [-0.4, -0.2) is 37.6 Å². The van der Waals surface area contributed by atoms with E-state index in [9.17, 15) is 4.79 Å². The number of methoxy groups -OCH3 is 1. The summed E-state index contributed by atoms with van der Waals surface area (Å²) >= 11 is 1.39. The van der Waals surface area contributed by atoms with Crippen LogP contribution in [0, 0.1) is 11.3 Å². The fourth-order valence-corrected chi connectivity index (χ4v) is 3.16. The quantitative estimate of drug-likeness (QED) is 0.889. The molecule has 2 rings (SSSR count). The average Bonchev–Trinajstić information content (AvgIpc) is 2.84. The Balaban J connectivity index is 2.29. The van der Waals surface area contributed by atoms with Crippen LogP contribution in [0.2, 0.25) is 0 Å². The largest absolute Gasteiger partial charge is 0.397 e. The summed E-state index contributed by atoms with van der Waals surface area (Å²) in [7, 11) is 1.58. The molecule has 0 fully saturated rings. The van der Waals surface area contributed by atoms with Crippen LogP contribution in [0.4, 0.5) is 5.69 Å². The van der Waals surface area contributed by atoms with Crippen molar-refractivity contribution >= 4 is 33.0 Å². The fraction of sp³-hybridized carbons (Fsp3) is 0.333. The van der Waals surface area contributed by atoms with Gasteiger partial charge >= 0.3 is 0 Å². The van der Waals surface area contributed by atoms with Crippen molar-refractivity contribution in [3.8, 4) is 6.07 Å². The standard InChI is InChI=1S/C15H17N3O2S/c1-20-10-9-18(8-4-7-16)15(19)14-13(17)11-5-2-3-6-12(11)21-14/h2-3,5-6H,4,8-10,17H2,1H3. The van der Waals surface area contributed by atoms with E-state index >= 15 is 0 Å². The lowest BCUT2D eigenvalue weighted by atomic mass is 10.2. The van der Waals surface area contributed by atoms with Gasteiger partial charge in [0.2, 0.25) is 0 Å². The topological polar surface area (TPSA) is 79.3 Å². The van der Waals surface area contributed by atoms with Gasteiger partial charge in [0.25, 0.3) is 5.91 Å². The van der Waals surface area contributed by atoms with E-state index < -0.39 is 0 Å². The summed E-state index contributed by atoms with van der Waals surface area (Å²) in [6.45, 7) is 1.26. The Morgan fingerprint density at radius 3 is 2.86 bits per heavy atom. The van der Waals surface area contributed by atoms with Crippen molar-refractivity contribution in [1.29, 1.82) is 5.26 Å². The zero-order valence-corrected chi connectivity index (χ0v) is 12.7. The average molecular weight is 303 g/mol. The van der Waals surface area contributed by atoms with Crippen LogP contribution in [0.25, 0.3) is 10.1 Å². The third kappa shape index (κ3) is 3.32. The molecule has 2 N–H and O–H groups in total. The number of carbonyl (C=O) groups is 1. The van der Waals surface area contributed by atoms with Gasteiger partial charge in [-0.3, -0.25) is 4.79 Å². The van der Waals surface area contributed by atoms with Crippen LogP contribution in [0.3, 0.4) is 0 Å². The van der Waals surface area contributed by atoms with Gasteiger partial charge in [-0.25, -0.2) is 0 Å². The molecule has 2 aromatic rings. The van der Waals surface area contributed by atoms with E-state index in [2.05, 4.69) is 6.07 Å². The van der Waals surface area contributed by atoms with Gasteiger partial charge in [-0.15, -0.1) is 11.3 Å². The molecule has 0 saturated carbocycles. The zero-order valence-electron chi connectivity index (χ0n) is 11.8. The Hall–Kier alpha value is -2.10. The van der Waals surface area contributed by atoms with Crippen LogP contribution in [0.1, 0.15) is 16.1 Å². The lowest BCUT2D eigenvalue weighted by Gasteiger charge is -2.20. The predicted molar refractivity (Wildman–Crippen MR) is 84.2 cm³/mol. The summed E-state index contributed by atoms with van der Waals surface area (Å²) in [6.07, 6.45) is 0.292. The van der Waals surface area contributed by atoms with E-state index in [0.717, 1.165) is 10.1 Å². The van der Waals surface area contributed by atoms with Gasteiger partial charge in [-0.05, 0) is 6.07 Å². The number of benzene rings is 1. The molecule has 1 heterocycles. The Morgan fingerprint density at radius 1 is 1.43 bits per heavy atom. The fourth-order valence-electron chi connectivity index (χ4n) is 2.07. The van der Waals surface area contributed by atoms with E-state index in [0.29, 0.717) is 36.7 Å². The van der Waals surface area contributed by atoms with E-state index in [-0.39, 0.29) is 5.91 Å². The molecule has 0 bridgehead atoms. The van der Waals surface area contributed by atoms with Gasteiger partial charge in [0.05, 0.1) is 24.8 Å². The Bertz CT molecular complexity index is 675. The number of ether oxygens (including phenoxy) is 1. The lowest BCUT2D eigenvalue weighted by molar-refractivity contribution is 0.0705. The van der Waals surface area contributed by atoms with Gasteiger partial charge < -0.3 is 15.4 Å². The Kier molecular flexibility index (Phi) is 5.14. The number of rotatable bonds is 6. The van der Waals surface area contributed by atoms with Crippen molar-refractivity contribution in [3.63, 3.8) is 0 Å². The van der Waals surface area contributed by atoms with E-state index in [4.69, 9.17) is 15.7 Å². The first-order valence-corrected chi connectivity index (χ1v) is 7.43. The molecule has 1 amide bonds. The number of hydrogen-bond donors (Lipinski definition) is 1. The number of amides is 1. The smallest absolute Gasteiger partial charge is 0.266 e. The number of fused-ring (bicyclic) bond motifs is 1. The van der Waals surface area contributed by atoms with Gasteiger partial charge in [-0.1, -0.05) is 18.2 Å². The van der Waals surface area contributed by atoms with E-state index in [1.54, 1.807) is 12.0 Å². The highest BCUT2D eigenvalue weighted by Gasteiger charge is 2.21. The monoisotopic (exact) mass is 303 g/mol. The van der Waals surface area contributed by atoms with Crippen molar-refractivity contribution in [1.82, 2.24) is 4.90 Å². The van der Waals surface area contributed by atoms with Gasteiger partial charge in [0, 0.05) is 30.3 Å². The Morgan fingerprint density at radius 2 is 2.19 bits per heavy atom. The van der Waals surface area contributed by atoms with Crippen molar-refractivity contribution < 1.29 is 9.53 Å². The number of anilines is 1. The van der Waals surface area contributed by atoms with Crippen molar-refractivity contribution in [3.05, 3.63) is 29.1 Å². The molecule has 0 radical (unpaired) electrons. The second-order valence-electron chi connectivity index (χ2n) is 4.53. The third-order valence-electron chi connectivity index (χ3n) is 3.17. The van der Waals surface area contributed by atoms with Crippen LogP contribution in [-0.2, 0) is 4.74 Å². The molecule has 0 aliphatic carbocycles. The summed E-state index contributed by atoms with van der Waals surface area (Å²) in [5.74, 6) is -0.138. The van der Waals surface area contributed by atoms with Gasteiger partial charge in [0.15, 0.2) is 0 Å². The normalized spacial score (nSPS) is 10.5. The van der Waals surface area contributed by atoms with Crippen molar-refractivity contribution in [2.75, 3.05) is 32.5 Å². The van der Waals surface area contributed by atoms with Crippen LogP contribution < -0.4 is 5.73 Å². The molecule has 0 aliphatic heterocycles. The zero-order chi connectivity index (χ0) is 15.2. The van der Waals surface area contributed by atoms with Crippen LogP contribution in [0.15, 0.2) is 24.3 Å². The number of hydrogen-bond acceptors (Lipinski definition) is 5. The second-order valence-corrected chi connectivity index (χ2v) is 5.59. The molecule has 6 heteroatoms. The number of nitrogen functional groups attached to an aromatic ring is 1.